The molecule has 1 aromatic carbocycles. The smallest absolute Gasteiger partial charge is 0.249 e. The van der Waals surface area contributed by atoms with Crippen LogP contribution in [0, 0.1) is 0 Å². The molecule has 0 atom stereocenters. The van der Waals surface area contributed by atoms with Gasteiger partial charge in [0.2, 0.25) is 11.6 Å². The van der Waals surface area contributed by atoms with Crippen molar-refractivity contribution in [3.63, 3.8) is 0 Å². The Balaban J connectivity index is 2.04. The maximum Gasteiger partial charge on any atom is 0.249 e. The van der Waals surface area contributed by atoms with E-state index in [0.717, 1.165) is 22.5 Å². The largest absolute Gasteiger partial charge is 0.418 e. The van der Waals surface area contributed by atoms with Crippen LogP contribution in [0.5, 0.6) is 0 Å². The number of oxazole rings is 1. The van der Waals surface area contributed by atoms with Crippen LogP contribution in [0.15, 0.2) is 40.8 Å². The highest BCUT2D eigenvalue weighted by Gasteiger charge is 2.09. The van der Waals surface area contributed by atoms with Gasteiger partial charge in [0.15, 0.2) is 0 Å². The molecule has 3 aromatic rings. The molecule has 0 amide bonds. The van der Waals surface area contributed by atoms with Gasteiger partial charge in [-0.05, 0) is 29.8 Å². The topological polar surface area (TPSA) is 71.2 Å². The van der Waals surface area contributed by atoms with Crippen molar-refractivity contribution >= 4 is 17.0 Å². The highest BCUT2D eigenvalue weighted by atomic mass is 16.4. The van der Waals surface area contributed by atoms with E-state index in [2.05, 4.69) is 15.3 Å². The summed E-state index contributed by atoms with van der Waals surface area (Å²) < 4.78 is 5.65. The Morgan fingerprint density at radius 2 is 1.89 bits per heavy atom. The third-order valence-corrected chi connectivity index (χ3v) is 2.90. The molecule has 0 aliphatic rings. The molecular weight excluding hydrogens is 242 g/mol. The first kappa shape index (κ1) is 11.7. The molecule has 96 valence electrons. The van der Waals surface area contributed by atoms with Crippen LogP contribution in [0.4, 0.5) is 5.82 Å². The molecule has 0 fully saturated rings. The molecule has 0 bridgehead atoms. The molecule has 0 aliphatic carbocycles. The molecule has 19 heavy (non-hydrogen) atoms. The molecule has 0 saturated carbocycles. The number of hydrogen-bond acceptors (Lipinski definition) is 5. The Morgan fingerprint density at radius 3 is 2.58 bits per heavy atom. The lowest BCUT2D eigenvalue weighted by atomic mass is 10.1. The summed E-state index contributed by atoms with van der Waals surface area (Å²) in [7, 11) is 1.80. The van der Waals surface area contributed by atoms with Crippen LogP contribution in [-0.2, 0) is 6.61 Å². The van der Waals surface area contributed by atoms with Crippen LogP contribution >= 0.6 is 0 Å². The quantitative estimate of drug-likeness (QED) is 0.752. The van der Waals surface area contributed by atoms with Gasteiger partial charge >= 0.3 is 0 Å². The maximum absolute atomic E-state index is 9.02. The maximum atomic E-state index is 9.02. The van der Waals surface area contributed by atoms with Gasteiger partial charge in [-0.2, -0.15) is 4.98 Å². The van der Waals surface area contributed by atoms with E-state index in [9.17, 15) is 0 Å². The van der Waals surface area contributed by atoms with E-state index in [4.69, 9.17) is 9.52 Å². The Kier molecular flexibility index (Phi) is 2.89. The Morgan fingerprint density at radius 1 is 1.11 bits per heavy atom. The van der Waals surface area contributed by atoms with Gasteiger partial charge in [-0.25, -0.2) is 4.98 Å². The normalized spacial score (nSPS) is 10.8. The van der Waals surface area contributed by atoms with Gasteiger partial charge in [-0.15, -0.1) is 0 Å². The van der Waals surface area contributed by atoms with Gasteiger partial charge in [0.1, 0.15) is 11.3 Å². The molecule has 0 spiro atoms. The van der Waals surface area contributed by atoms with Crippen molar-refractivity contribution in [2.75, 3.05) is 12.4 Å². The van der Waals surface area contributed by atoms with E-state index >= 15 is 0 Å². The lowest BCUT2D eigenvalue weighted by Gasteiger charge is -1.97. The summed E-state index contributed by atoms with van der Waals surface area (Å²) in [6.07, 6.45) is 0. The average molecular weight is 255 g/mol. The van der Waals surface area contributed by atoms with Crippen molar-refractivity contribution in [1.29, 1.82) is 0 Å². The molecule has 2 aromatic heterocycles. The summed E-state index contributed by atoms with van der Waals surface area (Å²) in [5.74, 6) is 1.27. The fraction of sp³-hybridized carbons (Fsp3) is 0.143. The number of nitrogens with one attached hydrogen (secondary N) is 1. The third-order valence-electron chi connectivity index (χ3n) is 2.90. The van der Waals surface area contributed by atoms with E-state index < -0.39 is 0 Å². The first-order valence-corrected chi connectivity index (χ1v) is 5.95. The molecule has 5 heteroatoms. The summed E-state index contributed by atoms with van der Waals surface area (Å²) >= 11 is 0. The van der Waals surface area contributed by atoms with Gasteiger partial charge < -0.3 is 14.8 Å². The Hall–Kier alpha value is -2.40. The second-order valence-corrected chi connectivity index (χ2v) is 4.14. The fourth-order valence-corrected chi connectivity index (χ4v) is 1.83. The molecule has 5 nitrogen and oxygen atoms in total. The third kappa shape index (κ3) is 2.15. The van der Waals surface area contributed by atoms with Gasteiger partial charge in [-0.1, -0.05) is 12.1 Å². The Bertz CT molecular complexity index is 704. The lowest BCUT2D eigenvalue weighted by Crippen LogP contribution is -1.90. The van der Waals surface area contributed by atoms with E-state index in [-0.39, 0.29) is 6.61 Å². The molecule has 2 heterocycles. The van der Waals surface area contributed by atoms with Crippen molar-refractivity contribution < 1.29 is 9.52 Å². The number of benzene rings is 1. The lowest BCUT2D eigenvalue weighted by molar-refractivity contribution is 0.282. The summed E-state index contributed by atoms with van der Waals surface area (Å²) in [6, 6.07) is 11.1. The minimum Gasteiger partial charge on any atom is -0.418 e. The SMILES string of the molecule is CNc1ccc2nc(-c3ccc(CO)cc3)oc2n1. The molecular formula is C14H13N3O2. The van der Waals surface area contributed by atoms with Crippen molar-refractivity contribution in [1.82, 2.24) is 9.97 Å². The standard InChI is InChI=1S/C14H13N3O2/c1-15-12-7-6-11-14(17-12)19-13(16-11)10-4-2-9(8-18)3-5-10/h2-7,18H,8H2,1H3,(H,15,17). The summed E-state index contributed by atoms with van der Waals surface area (Å²) in [5.41, 5.74) is 2.95. The number of anilines is 1. The number of nitrogens with zero attached hydrogens (tertiary/aromatic N) is 2. The molecule has 0 radical (unpaired) electrons. The highest BCUT2D eigenvalue weighted by Crippen LogP contribution is 2.24. The van der Waals surface area contributed by atoms with Gasteiger partial charge in [0, 0.05) is 12.6 Å². The second-order valence-electron chi connectivity index (χ2n) is 4.14. The van der Waals surface area contributed by atoms with Gasteiger partial charge in [-0.3, -0.25) is 0 Å². The van der Waals surface area contributed by atoms with E-state index in [1.54, 1.807) is 7.05 Å². The Labute approximate surface area is 109 Å². The van der Waals surface area contributed by atoms with E-state index in [1.165, 1.54) is 0 Å². The van der Waals surface area contributed by atoms with Crippen LogP contribution < -0.4 is 5.32 Å². The first-order valence-electron chi connectivity index (χ1n) is 5.95. The highest BCUT2D eigenvalue weighted by molar-refractivity contribution is 5.74. The van der Waals surface area contributed by atoms with Crippen molar-refractivity contribution in [3.8, 4) is 11.5 Å². The molecule has 0 saturated heterocycles. The number of fused-ring (bicyclic) bond motifs is 1. The number of rotatable bonds is 3. The van der Waals surface area contributed by atoms with Crippen LogP contribution in [0.25, 0.3) is 22.7 Å². The van der Waals surface area contributed by atoms with Crippen LogP contribution in [0.2, 0.25) is 0 Å². The van der Waals surface area contributed by atoms with Crippen LogP contribution in [0.1, 0.15) is 5.56 Å². The summed E-state index contributed by atoms with van der Waals surface area (Å²) in [4.78, 5) is 8.69. The molecule has 0 aliphatic heterocycles. The van der Waals surface area contributed by atoms with Crippen LogP contribution in [0.3, 0.4) is 0 Å². The number of hydrogen-bond donors (Lipinski definition) is 2. The van der Waals surface area contributed by atoms with Gasteiger partial charge in [0.05, 0.1) is 6.61 Å². The minimum atomic E-state index is 0.0287. The van der Waals surface area contributed by atoms with Crippen molar-refractivity contribution in [2.24, 2.45) is 0 Å². The average Bonchev–Trinajstić information content (AvgIpc) is 2.90. The summed E-state index contributed by atoms with van der Waals surface area (Å²) in [5, 5.41) is 12.0. The van der Waals surface area contributed by atoms with E-state index in [0.29, 0.717) is 11.6 Å². The summed E-state index contributed by atoms with van der Waals surface area (Å²) in [6.45, 7) is 0.0287. The zero-order valence-electron chi connectivity index (χ0n) is 10.4. The number of aromatic nitrogens is 2. The predicted molar refractivity (Wildman–Crippen MR) is 72.7 cm³/mol. The first-order chi connectivity index (χ1) is 9.30. The zero-order chi connectivity index (χ0) is 13.2. The van der Waals surface area contributed by atoms with E-state index in [1.807, 2.05) is 36.4 Å². The van der Waals surface area contributed by atoms with Crippen molar-refractivity contribution in [2.45, 2.75) is 6.61 Å². The van der Waals surface area contributed by atoms with Crippen molar-refractivity contribution in [3.05, 3.63) is 42.0 Å². The number of pyridine rings is 1. The molecule has 0 unspecified atom stereocenters. The van der Waals surface area contributed by atoms with Crippen LogP contribution in [-0.4, -0.2) is 22.1 Å². The molecule has 2 N–H and O–H groups in total. The minimum absolute atomic E-state index is 0.0287. The predicted octanol–water partition coefficient (Wildman–Crippen LogP) is 2.42. The number of aliphatic hydroxyl groups is 1. The van der Waals surface area contributed by atoms with Gasteiger partial charge in [0.25, 0.3) is 0 Å². The zero-order valence-corrected chi connectivity index (χ0v) is 10.4. The number of aliphatic hydroxyl groups excluding tert-OH is 1. The second kappa shape index (κ2) is 4.70. The monoisotopic (exact) mass is 255 g/mol. The fourth-order valence-electron chi connectivity index (χ4n) is 1.83. The molecule has 3 rings (SSSR count).